The van der Waals surface area contributed by atoms with Crippen molar-refractivity contribution in [3.8, 4) is 0 Å². The van der Waals surface area contributed by atoms with Gasteiger partial charge in [0.15, 0.2) is 6.10 Å². The predicted octanol–water partition coefficient (Wildman–Crippen LogP) is 24.3. The Morgan fingerprint density at radius 3 is 0.771 bits per heavy atom. The second-order valence-electron chi connectivity index (χ2n) is 23.1. The fourth-order valence-electron chi connectivity index (χ4n) is 9.68. The highest BCUT2D eigenvalue weighted by molar-refractivity contribution is 5.71. The molecular weight excluding hydrogens is 1020 g/mol. The second-order valence-corrected chi connectivity index (χ2v) is 23.1. The number of hydrogen-bond donors (Lipinski definition) is 0. The summed E-state index contributed by atoms with van der Waals surface area (Å²) in [5, 5.41) is 0. The third kappa shape index (κ3) is 68.5. The van der Waals surface area contributed by atoms with Gasteiger partial charge in [-0.3, -0.25) is 14.4 Å². The van der Waals surface area contributed by atoms with E-state index in [2.05, 4.69) is 142 Å². The fourth-order valence-corrected chi connectivity index (χ4v) is 9.68. The number of esters is 3. The average molecular weight is 1150 g/mol. The van der Waals surface area contributed by atoms with E-state index in [0.29, 0.717) is 25.7 Å². The molecule has 0 radical (unpaired) electrons. The van der Waals surface area contributed by atoms with Crippen molar-refractivity contribution in [2.45, 2.75) is 335 Å². The van der Waals surface area contributed by atoms with E-state index >= 15 is 0 Å². The number of rotatable bonds is 63. The highest BCUT2D eigenvalue weighted by Crippen LogP contribution is 2.16. The van der Waals surface area contributed by atoms with Gasteiger partial charge in [0.1, 0.15) is 13.2 Å². The van der Waals surface area contributed by atoms with Crippen molar-refractivity contribution in [1.82, 2.24) is 0 Å². The summed E-state index contributed by atoms with van der Waals surface area (Å²) < 4.78 is 16.9. The van der Waals surface area contributed by atoms with E-state index in [1.54, 1.807) is 0 Å². The number of ether oxygens (including phenoxy) is 3. The molecule has 0 heterocycles. The lowest BCUT2D eigenvalue weighted by atomic mass is 10.0. The van der Waals surface area contributed by atoms with Crippen LogP contribution in [0.4, 0.5) is 0 Å². The number of carbonyl (C=O) groups excluding carboxylic acids is 3. The van der Waals surface area contributed by atoms with E-state index in [9.17, 15) is 14.4 Å². The molecule has 0 rings (SSSR count). The Morgan fingerprint density at radius 2 is 0.470 bits per heavy atom. The smallest absolute Gasteiger partial charge is 0.306 e. The van der Waals surface area contributed by atoms with Crippen LogP contribution in [0.1, 0.15) is 329 Å². The maximum absolute atomic E-state index is 13.0. The number of hydrogen-bond acceptors (Lipinski definition) is 6. The van der Waals surface area contributed by atoms with E-state index in [4.69, 9.17) is 14.2 Å². The van der Waals surface area contributed by atoms with Gasteiger partial charge in [-0.2, -0.15) is 0 Å². The molecule has 0 aliphatic rings. The van der Waals surface area contributed by atoms with Crippen LogP contribution < -0.4 is 0 Å². The molecule has 0 aromatic carbocycles. The van der Waals surface area contributed by atoms with E-state index in [0.717, 1.165) is 109 Å². The molecule has 6 heteroatoms. The van der Waals surface area contributed by atoms with Gasteiger partial charge >= 0.3 is 17.9 Å². The third-order valence-electron chi connectivity index (χ3n) is 14.9. The minimum absolute atomic E-state index is 0.0972. The quantitative estimate of drug-likeness (QED) is 0.0261. The van der Waals surface area contributed by atoms with Gasteiger partial charge in [-0.1, -0.05) is 296 Å². The first-order chi connectivity index (χ1) is 41.0. The van der Waals surface area contributed by atoms with Crippen LogP contribution in [0.25, 0.3) is 0 Å². The highest BCUT2D eigenvalue weighted by atomic mass is 16.6. The molecule has 0 bridgehead atoms. The van der Waals surface area contributed by atoms with Gasteiger partial charge in [-0.15, -0.1) is 0 Å². The van der Waals surface area contributed by atoms with Gasteiger partial charge < -0.3 is 14.2 Å². The minimum atomic E-state index is -0.805. The number of unbranched alkanes of at least 4 members (excludes halogenated alkanes) is 32. The van der Waals surface area contributed by atoms with Crippen molar-refractivity contribution in [2.24, 2.45) is 0 Å². The lowest BCUT2D eigenvalue weighted by Gasteiger charge is -2.18. The summed E-state index contributed by atoms with van der Waals surface area (Å²) in [6, 6.07) is 0. The lowest BCUT2D eigenvalue weighted by Crippen LogP contribution is -2.30. The Kier molecular flexibility index (Phi) is 66.7. The monoisotopic (exact) mass is 1150 g/mol. The van der Waals surface area contributed by atoms with Gasteiger partial charge in [0, 0.05) is 19.3 Å². The molecule has 0 saturated heterocycles. The summed E-state index contributed by atoms with van der Waals surface area (Å²) in [5.41, 5.74) is 0. The van der Waals surface area contributed by atoms with Crippen LogP contribution in [0.2, 0.25) is 0 Å². The average Bonchev–Trinajstić information content (AvgIpc) is 3.49. The topological polar surface area (TPSA) is 78.9 Å². The van der Waals surface area contributed by atoms with Crippen molar-refractivity contribution in [3.63, 3.8) is 0 Å². The van der Waals surface area contributed by atoms with Crippen LogP contribution in [0.5, 0.6) is 0 Å². The molecule has 474 valence electrons. The fraction of sp³-hybridized carbons (Fsp3) is 0.701. The van der Waals surface area contributed by atoms with Crippen LogP contribution in [0.3, 0.4) is 0 Å². The third-order valence-corrected chi connectivity index (χ3v) is 14.9. The summed E-state index contributed by atoms with van der Waals surface area (Å²) in [7, 11) is 0. The maximum atomic E-state index is 13.0. The largest absolute Gasteiger partial charge is 0.462 e. The first-order valence-corrected chi connectivity index (χ1v) is 35.0. The highest BCUT2D eigenvalue weighted by Gasteiger charge is 2.19. The molecule has 0 fully saturated rings. The van der Waals surface area contributed by atoms with E-state index < -0.39 is 6.10 Å². The summed E-state index contributed by atoms with van der Waals surface area (Å²) in [4.78, 5) is 38.4. The summed E-state index contributed by atoms with van der Waals surface area (Å²) in [6.07, 6.45) is 97.9. The molecule has 0 aromatic heterocycles. The van der Waals surface area contributed by atoms with Crippen molar-refractivity contribution in [2.75, 3.05) is 13.2 Å². The van der Waals surface area contributed by atoms with Gasteiger partial charge in [0.05, 0.1) is 0 Å². The Balaban J connectivity index is 4.44. The van der Waals surface area contributed by atoms with Crippen molar-refractivity contribution in [1.29, 1.82) is 0 Å². The van der Waals surface area contributed by atoms with Crippen molar-refractivity contribution >= 4 is 17.9 Å². The molecular formula is C77H130O6. The van der Waals surface area contributed by atoms with E-state index in [-0.39, 0.29) is 31.1 Å². The molecule has 1 atom stereocenters. The SMILES string of the molecule is CC/C=C\C/C=C\C/C=C\C/C=C\C/C=C\C/C=C\C/C=C\C/C=C\CCCCC(=O)OCC(COC(=O)CCCCCCC/C=C\CCCCCCCC)OC(=O)CCCCCCCCCCCCC/C=C\CCCCCCCCCC. The zero-order chi connectivity index (χ0) is 59.9. The van der Waals surface area contributed by atoms with Crippen LogP contribution in [-0.4, -0.2) is 37.2 Å². The Morgan fingerprint density at radius 1 is 0.253 bits per heavy atom. The lowest BCUT2D eigenvalue weighted by molar-refractivity contribution is -0.167. The number of carbonyl (C=O) groups is 3. The van der Waals surface area contributed by atoms with Crippen molar-refractivity contribution < 1.29 is 28.6 Å². The summed E-state index contributed by atoms with van der Waals surface area (Å²) in [5.74, 6) is -0.941. The normalized spacial score (nSPS) is 12.9. The second kappa shape index (κ2) is 70.3. The first kappa shape index (κ1) is 78.8. The predicted molar refractivity (Wildman–Crippen MR) is 362 cm³/mol. The maximum Gasteiger partial charge on any atom is 0.306 e. The Bertz CT molecular complexity index is 1700. The van der Waals surface area contributed by atoms with Gasteiger partial charge in [-0.25, -0.2) is 0 Å². The molecule has 0 aliphatic carbocycles. The Hall–Kier alpha value is -4.19. The molecule has 6 nitrogen and oxygen atoms in total. The van der Waals surface area contributed by atoms with Crippen LogP contribution in [-0.2, 0) is 28.6 Å². The van der Waals surface area contributed by atoms with Crippen LogP contribution >= 0.6 is 0 Å². The molecule has 0 N–H and O–H groups in total. The molecule has 0 aliphatic heterocycles. The van der Waals surface area contributed by atoms with Crippen LogP contribution in [0.15, 0.2) is 122 Å². The van der Waals surface area contributed by atoms with Crippen LogP contribution in [0, 0.1) is 0 Å². The zero-order valence-corrected chi connectivity index (χ0v) is 54.4. The molecule has 0 amide bonds. The molecule has 0 spiro atoms. The number of allylic oxidation sites excluding steroid dienone is 20. The van der Waals surface area contributed by atoms with Crippen molar-refractivity contribution in [3.05, 3.63) is 122 Å². The summed E-state index contributed by atoms with van der Waals surface area (Å²) in [6.45, 7) is 6.51. The van der Waals surface area contributed by atoms with E-state index in [1.807, 2.05) is 0 Å². The zero-order valence-electron chi connectivity index (χ0n) is 54.4. The van der Waals surface area contributed by atoms with E-state index in [1.165, 1.54) is 173 Å². The first-order valence-electron chi connectivity index (χ1n) is 35.0. The molecule has 1 unspecified atom stereocenters. The van der Waals surface area contributed by atoms with Gasteiger partial charge in [0.25, 0.3) is 0 Å². The Labute approximate surface area is 513 Å². The molecule has 0 saturated carbocycles. The molecule has 0 aromatic rings. The van der Waals surface area contributed by atoms with Gasteiger partial charge in [-0.05, 0) is 135 Å². The minimum Gasteiger partial charge on any atom is -0.462 e. The van der Waals surface area contributed by atoms with Gasteiger partial charge in [0.2, 0.25) is 0 Å². The summed E-state index contributed by atoms with van der Waals surface area (Å²) >= 11 is 0. The molecule has 83 heavy (non-hydrogen) atoms. The standard InChI is InChI=1S/C77H130O6/c1-4-7-10-13-16-19-22-25-28-30-32-34-36-37-38-39-41-42-44-46-49-52-55-58-61-64-67-70-76(79)82-73-74(72-81-75(78)69-66-63-60-57-54-51-48-27-24-21-18-15-12-9-6-3)83-77(80)71-68-65-62-59-56-53-50-47-45-43-40-35-33-31-29-26-23-20-17-14-11-8-5-2/h7,10,16,19,25,27-28,31-34,37-38,41-42,46,48-49,55,58,74H,4-6,8-9,11-15,17-18,20-24,26,29-30,35-36,39-40,43-45,47,50-54,56-57,59-73H2,1-3H3/b10-7-,19-16-,28-25-,33-31-,34-32-,38-37-,42-41-,48-27-,49-46-,58-55-.